The van der Waals surface area contributed by atoms with Crippen LogP contribution in [-0.4, -0.2) is 60.9 Å². The minimum absolute atomic E-state index is 0.00574. The molecule has 2 saturated heterocycles. The van der Waals surface area contributed by atoms with E-state index in [1.165, 1.54) is 19.4 Å². The summed E-state index contributed by atoms with van der Waals surface area (Å²) in [6.45, 7) is 3.57. The van der Waals surface area contributed by atoms with Gasteiger partial charge in [-0.2, -0.15) is 0 Å². The van der Waals surface area contributed by atoms with Gasteiger partial charge in [-0.1, -0.05) is 0 Å². The highest BCUT2D eigenvalue weighted by Gasteiger charge is 2.32. The second kappa shape index (κ2) is 6.33. The van der Waals surface area contributed by atoms with Crippen molar-refractivity contribution in [3.05, 3.63) is 0 Å². The number of hydrogen-bond donors (Lipinski definition) is 2. The molecule has 0 aromatic carbocycles. The van der Waals surface area contributed by atoms with Crippen molar-refractivity contribution in [3.8, 4) is 0 Å². The zero-order valence-electron chi connectivity index (χ0n) is 10.2. The molecule has 0 aromatic heterocycles. The third kappa shape index (κ3) is 3.66. The van der Waals surface area contributed by atoms with Crippen LogP contribution >= 0.6 is 0 Å². The Kier molecular flexibility index (Phi) is 4.76. The van der Waals surface area contributed by atoms with Crippen molar-refractivity contribution in [2.24, 2.45) is 0 Å². The number of ether oxygens (including phenoxy) is 1. The van der Waals surface area contributed by atoms with Gasteiger partial charge in [0.15, 0.2) is 0 Å². The summed E-state index contributed by atoms with van der Waals surface area (Å²) in [5.74, 6) is 0.00574. The molecule has 2 fully saturated rings. The molecule has 0 spiro atoms. The molecule has 0 saturated carbocycles. The maximum atomic E-state index is 11.4. The molecule has 0 bridgehead atoms. The molecule has 0 aromatic rings. The van der Waals surface area contributed by atoms with Gasteiger partial charge in [0.2, 0.25) is 5.91 Å². The van der Waals surface area contributed by atoms with Crippen LogP contribution in [0.3, 0.4) is 0 Å². The lowest BCUT2D eigenvalue weighted by atomic mass is 10.2. The molecule has 5 heteroatoms. The number of aliphatic hydroxyl groups excluding tert-OH is 1. The normalized spacial score (nSPS) is 29.0. The van der Waals surface area contributed by atoms with Crippen LogP contribution < -0.4 is 5.32 Å². The molecular formula is C12H22N2O3. The summed E-state index contributed by atoms with van der Waals surface area (Å²) in [7, 11) is 0. The van der Waals surface area contributed by atoms with Crippen LogP contribution in [0.4, 0.5) is 0 Å². The van der Waals surface area contributed by atoms with Gasteiger partial charge in [0.1, 0.15) is 0 Å². The SMILES string of the molecule is O=C(CCCO)NCC1CN2CCCC2CO1. The lowest BCUT2D eigenvalue weighted by Crippen LogP contribution is -2.50. The third-order valence-corrected chi connectivity index (χ3v) is 3.55. The van der Waals surface area contributed by atoms with Crippen molar-refractivity contribution >= 4 is 5.91 Å². The number of morpholine rings is 1. The van der Waals surface area contributed by atoms with Gasteiger partial charge < -0.3 is 15.2 Å². The summed E-state index contributed by atoms with van der Waals surface area (Å²) >= 11 is 0. The third-order valence-electron chi connectivity index (χ3n) is 3.55. The Balaban J connectivity index is 1.64. The predicted molar refractivity (Wildman–Crippen MR) is 63.7 cm³/mol. The molecule has 2 atom stereocenters. The summed E-state index contributed by atoms with van der Waals surface area (Å²) < 4.78 is 5.74. The standard InChI is InChI=1S/C12H22N2O3/c15-6-2-4-12(16)13-7-11-8-14-5-1-3-10(14)9-17-11/h10-11,15H,1-9H2,(H,13,16). The van der Waals surface area contributed by atoms with Gasteiger partial charge in [-0.15, -0.1) is 0 Å². The molecule has 5 nitrogen and oxygen atoms in total. The van der Waals surface area contributed by atoms with Gasteiger partial charge in [-0.25, -0.2) is 0 Å². The molecule has 2 rings (SSSR count). The van der Waals surface area contributed by atoms with E-state index in [9.17, 15) is 4.79 Å². The second-order valence-electron chi connectivity index (χ2n) is 4.88. The van der Waals surface area contributed by atoms with Crippen LogP contribution in [-0.2, 0) is 9.53 Å². The van der Waals surface area contributed by atoms with Gasteiger partial charge in [-0.05, 0) is 25.8 Å². The van der Waals surface area contributed by atoms with E-state index in [4.69, 9.17) is 9.84 Å². The molecule has 2 unspecified atom stereocenters. The lowest BCUT2D eigenvalue weighted by Gasteiger charge is -2.35. The Bertz CT molecular complexity index is 260. The van der Waals surface area contributed by atoms with Crippen LogP contribution in [0.5, 0.6) is 0 Å². The van der Waals surface area contributed by atoms with Crippen LogP contribution in [0.1, 0.15) is 25.7 Å². The Labute approximate surface area is 102 Å². The molecule has 0 aliphatic carbocycles. The first kappa shape index (κ1) is 12.8. The fourth-order valence-corrected chi connectivity index (χ4v) is 2.56. The number of aliphatic hydroxyl groups is 1. The zero-order valence-corrected chi connectivity index (χ0v) is 10.2. The summed E-state index contributed by atoms with van der Waals surface area (Å²) in [5.41, 5.74) is 0. The Hall–Kier alpha value is -0.650. The summed E-state index contributed by atoms with van der Waals surface area (Å²) in [6, 6.07) is 0.608. The zero-order chi connectivity index (χ0) is 12.1. The smallest absolute Gasteiger partial charge is 0.220 e. The first-order valence-corrected chi connectivity index (χ1v) is 6.53. The van der Waals surface area contributed by atoms with Crippen molar-refractivity contribution in [2.45, 2.75) is 37.8 Å². The quantitative estimate of drug-likeness (QED) is 0.697. The molecule has 2 heterocycles. The minimum atomic E-state index is 0.00574. The Morgan fingerprint density at radius 2 is 2.41 bits per heavy atom. The molecular weight excluding hydrogens is 220 g/mol. The monoisotopic (exact) mass is 242 g/mol. The van der Waals surface area contributed by atoms with Crippen molar-refractivity contribution in [2.75, 3.05) is 32.8 Å². The van der Waals surface area contributed by atoms with Crippen molar-refractivity contribution in [1.29, 1.82) is 0 Å². The highest BCUT2D eigenvalue weighted by atomic mass is 16.5. The van der Waals surface area contributed by atoms with Gasteiger partial charge in [0, 0.05) is 32.2 Å². The maximum absolute atomic E-state index is 11.4. The van der Waals surface area contributed by atoms with Crippen molar-refractivity contribution < 1.29 is 14.6 Å². The largest absolute Gasteiger partial charge is 0.396 e. The molecule has 1 amide bonds. The summed E-state index contributed by atoms with van der Waals surface area (Å²) in [4.78, 5) is 13.8. The Morgan fingerprint density at radius 1 is 1.53 bits per heavy atom. The molecule has 2 aliphatic rings. The van der Waals surface area contributed by atoms with Gasteiger partial charge in [0.05, 0.1) is 12.7 Å². The van der Waals surface area contributed by atoms with Crippen LogP contribution in [0.2, 0.25) is 0 Å². The number of nitrogens with one attached hydrogen (secondary N) is 1. The molecule has 17 heavy (non-hydrogen) atoms. The fourth-order valence-electron chi connectivity index (χ4n) is 2.56. The van der Waals surface area contributed by atoms with E-state index < -0.39 is 0 Å². The van der Waals surface area contributed by atoms with E-state index in [1.54, 1.807) is 0 Å². The van der Waals surface area contributed by atoms with Crippen molar-refractivity contribution in [1.82, 2.24) is 10.2 Å². The first-order chi connectivity index (χ1) is 8.29. The maximum Gasteiger partial charge on any atom is 0.220 e. The highest BCUT2D eigenvalue weighted by molar-refractivity contribution is 5.75. The topological polar surface area (TPSA) is 61.8 Å². The number of rotatable bonds is 5. The van der Waals surface area contributed by atoms with Crippen LogP contribution in [0.15, 0.2) is 0 Å². The number of amides is 1. The average Bonchev–Trinajstić information content (AvgIpc) is 2.81. The van der Waals surface area contributed by atoms with Crippen LogP contribution in [0.25, 0.3) is 0 Å². The molecule has 2 aliphatic heterocycles. The molecule has 2 N–H and O–H groups in total. The second-order valence-corrected chi connectivity index (χ2v) is 4.88. The van der Waals surface area contributed by atoms with Gasteiger partial charge >= 0.3 is 0 Å². The summed E-state index contributed by atoms with van der Waals surface area (Å²) in [5, 5.41) is 11.5. The van der Waals surface area contributed by atoms with E-state index in [-0.39, 0.29) is 18.6 Å². The van der Waals surface area contributed by atoms with E-state index in [0.29, 0.717) is 25.4 Å². The summed E-state index contributed by atoms with van der Waals surface area (Å²) in [6.07, 6.45) is 3.57. The highest BCUT2D eigenvalue weighted by Crippen LogP contribution is 2.22. The van der Waals surface area contributed by atoms with Gasteiger partial charge in [-0.3, -0.25) is 9.69 Å². The lowest BCUT2D eigenvalue weighted by molar-refractivity contribution is -0.122. The van der Waals surface area contributed by atoms with E-state index in [0.717, 1.165) is 13.2 Å². The Morgan fingerprint density at radius 3 is 3.24 bits per heavy atom. The first-order valence-electron chi connectivity index (χ1n) is 6.53. The number of hydrogen-bond acceptors (Lipinski definition) is 4. The van der Waals surface area contributed by atoms with Gasteiger partial charge in [0.25, 0.3) is 0 Å². The van der Waals surface area contributed by atoms with E-state index in [2.05, 4.69) is 10.2 Å². The number of carbonyl (C=O) groups is 1. The average molecular weight is 242 g/mol. The molecule has 98 valence electrons. The molecule has 0 radical (unpaired) electrons. The van der Waals surface area contributed by atoms with Crippen molar-refractivity contribution in [3.63, 3.8) is 0 Å². The number of fused-ring (bicyclic) bond motifs is 1. The predicted octanol–water partition coefficient (Wildman–Crippen LogP) is -0.262. The van der Waals surface area contributed by atoms with Crippen LogP contribution in [0, 0.1) is 0 Å². The van der Waals surface area contributed by atoms with E-state index >= 15 is 0 Å². The minimum Gasteiger partial charge on any atom is -0.396 e. The number of carbonyl (C=O) groups excluding carboxylic acids is 1. The fraction of sp³-hybridized carbons (Fsp3) is 0.917. The van der Waals surface area contributed by atoms with E-state index in [1.807, 2.05) is 0 Å². The number of nitrogens with zero attached hydrogens (tertiary/aromatic N) is 1.